The first-order valence-electron chi connectivity index (χ1n) is 8.59. The maximum absolute atomic E-state index is 5.64. The Hall–Kier alpha value is -0.0800. The Balaban J connectivity index is 0.00000242. The summed E-state index contributed by atoms with van der Waals surface area (Å²) in [6, 6.07) is 1.20. The topological polar surface area (TPSA) is 48.9 Å². The van der Waals surface area contributed by atoms with E-state index in [0.717, 1.165) is 32.1 Å². The zero-order valence-electron chi connectivity index (χ0n) is 14.3. The first-order valence-corrected chi connectivity index (χ1v) is 8.59. The molecule has 0 aliphatic carbocycles. The molecule has 0 bridgehead atoms. The van der Waals surface area contributed by atoms with Crippen LogP contribution in [0.5, 0.6) is 0 Å². The molecule has 0 amide bonds. The van der Waals surface area contributed by atoms with E-state index in [0.29, 0.717) is 18.2 Å². The van der Waals surface area contributed by atoms with Crippen LogP contribution in [0.25, 0.3) is 0 Å². The van der Waals surface area contributed by atoms with Crippen molar-refractivity contribution in [2.75, 3.05) is 32.8 Å². The van der Waals surface area contributed by atoms with Gasteiger partial charge in [0.15, 0.2) is 5.96 Å². The van der Waals surface area contributed by atoms with Crippen LogP contribution in [-0.4, -0.2) is 61.8 Å². The van der Waals surface area contributed by atoms with Gasteiger partial charge in [-0.25, -0.2) is 0 Å². The molecule has 0 aromatic heterocycles. The summed E-state index contributed by atoms with van der Waals surface area (Å²) in [5.74, 6) is 0.955. The number of ether oxygens (including phenoxy) is 1. The fourth-order valence-electron chi connectivity index (χ4n) is 3.05. The van der Waals surface area contributed by atoms with E-state index >= 15 is 0 Å². The van der Waals surface area contributed by atoms with Gasteiger partial charge in [-0.1, -0.05) is 0 Å². The largest absolute Gasteiger partial charge is 0.376 e. The molecule has 6 heteroatoms. The summed E-state index contributed by atoms with van der Waals surface area (Å²) < 4.78 is 5.64. The van der Waals surface area contributed by atoms with Crippen molar-refractivity contribution in [2.45, 2.75) is 64.6 Å². The average Bonchev–Trinajstić information content (AvgIpc) is 2.99. The molecule has 0 saturated carbocycles. The molecule has 5 nitrogen and oxygen atoms in total. The van der Waals surface area contributed by atoms with E-state index in [4.69, 9.17) is 9.73 Å². The molecule has 2 N–H and O–H groups in total. The lowest BCUT2D eigenvalue weighted by molar-refractivity contribution is 0.117. The fourth-order valence-corrected chi connectivity index (χ4v) is 3.05. The highest BCUT2D eigenvalue weighted by Gasteiger charge is 2.21. The van der Waals surface area contributed by atoms with Crippen molar-refractivity contribution in [3.63, 3.8) is 0 Å². The molecule has 0 radical (unpaired) electrons. The van der Waals surface area contributed by atoms with Crippen LogP contribution in [0.2, 0.25) is 0 Å². The number of guanidine groups is 1. The third-order valence-electron chi connectivity index (χ3n) is 4.42. The minimum atomic E-state index is 0. The van der Waals surface area contributed by atoms with Crippen LogP contribution in [0.1, 0.15) is 46.5 Å². The smallest absolute Gasteiger partial charge is 0.191 e. The number of nitrogens with one attached hydrogen (secondary N) is 2. The molecular weight excluding hydrogens is 391 g/mol. The van der Waals surface area contributed by atoms with Crippen LogP contribution in [0.4, 0.5) is 0 Å². The maximum Gasteiger partial charge on any atom is 0.191 e. The minimum absolute atomic E-state index is 0. The highest BCUT2D eigenvalue weighted by Crippen LogP contribution is 2.14. The van der Waals surface area contributed by atoms with E-state index in [9.17, 15) is 0 Å². The molecule has 2 saturated heterocycles. The first kappa shape index (κ1) is 20.0. The van der Waals surface area contributed by atoms with Crippen molar-refractivity contribution in [3.8, 4) is 0 Å². The number of rotatable bonds is 5. The van der Waals surface area contributed by atoms with E-state index in [-0.39, 0.29) is 24.0 Å². The standard InChI is InChI=1S/C16H32N4O.HI/c1-4-17-16(18-12-15-6-5-11-21-15)19-14-7-9-20(10-8-14)13(2)3;/h13-15H,4-12H2,1-3H3,(H2,17,18,19);1H. The fraction of sp³-hybridized carbons (Fsp3) is 0.938. The Labute approximate surface area is 152 Å². The van der Waals surface area contributed by atoms with Gasteiger partial charge in [-0.05, 0) is 46.5 Å². The highest BCUT2D eigenvalue weighted by atomic mass is 127. The van der Waals surface area contributed by atoms with Crippen LogP contribution >= 0.6 is 24.0 Å². The molecule has 2 fully saturated rings. The van der Waals surface area contributed by atoms with Gasteiger partial charge in [0, 0.05) is 38.3 Å². The van der Waals surface area contributed by atoms with E-state index in [1.807, 2.05) is 0 Å². The van der Waals surface area contributed by atoms with E-state index in [1.165, 1.54) is 32.4 Å². The molecule has 22 heavy (non-hydrogen) atoms. The van der Waals surface area contributed by atoms with Gasteiger partial charge in [0.2, 0.25) is 0 Å². The maximum atomic E-state index is 5.64. The normalized spacial score (nSPS) is 24.4. The second kappa shape index (κ2) is 10.6. The Morgan fingerprint density at radius 3 is 2.55 bits per heavy atom. The van der Waals surface area contributed by atoms with Crippen molar-refractivity contribution in [1.82, 2.24) is 15.5 Å². The highest BCUT2D eigenvalue weighted by molar-refractivity contribution is 14.0. The van der Waals surface area contributed by atoms with Crippen LogP contribution in [0.3, 0.4) is 0 Å². The summed E-state index contributed by atoms with van der Waals surface area (Å²) in [7, 11) is 0. The lowest BCUT2D eigenvalue weighted by atomic mass is 10.0. The zero-order valence-corrected chi connectivity index (χ0v) is 16.6. The lowest BCUT2D eigenvalue weighted by Crippen LogP contribution is -2.50. The Morgan fingerprint density at radius 1 is 1.27 bits per heavy atom. The first-order chi connectivity index (χ1) is 10.2. The quantitative estimate of drug-likeness (QED) is 0.404. The lowest BCUT2D eigenvalue weighted by Gasteiger charge is -2.35. The Morgan fingerprint density at radius 2 is 2.00 bits per heavy atom. The van der Waals surface area contributed by atoms with Crippen molar-refractivity contribution < 1.29 is 4.74 Å². The van der Waals surface area contributed by atoms with Crippen molar-refractivity contribution in [2.24, 2.45) is 4.99 Å². The number of aliphatic imine (C=N–C) groups is 1. The summed E-state index contributed by atoms with van der Waals surface area (Å²) in [5, 5.41) is 6.95. The molecule has 0 spiro atoms. The SMILES string of the molecule is CCNC(=NCC1CCCO1)NC1CCN(C(C)C)CC1.I. The molecule has 0 aromatic rings. The number of hydrogen-bond donors (Lipinski definition) is 2. The van der Waals surface area contributed by atoms with E-state index in [2.05, 4.69) is 36.3 Å². The second-order valence-corrected chi connectivity index (χ2v) is 6.40. The van der Waals surface area contributed by atoms with Crippen molar-refractivity contribution >= 4 is 29.9 Å². The van der Waals surface area contributed by atoms with Crippen LogP contribution in [0, 0.1) is 0 Å². The van der Waals surface area contributed by atoms with Crippen LogP contribution in [0.15, 0.2) is 4.99 Å². The Bertz CT molecular complexity index is 324. The van der Waals surface area contributed by atoms with Gasteiger partial charge in [0.05, 0.1) is 12.6 Å². The molecule has 0 aromatic carbocycles. The number of piperidine rings is 1. The molecule has 1 unspecified atom stereocenters. The average molecular weight is 424 g/mol. The minimum Gasteiger partial charge on any atom is -0.376 e. The van der Waals surface area contributed by atoms with Gasteiger partial charge < -0.3 is 20.3 Å². The molecule has 130 valence electrons. The predicted octanol–water partition coefficient (Wildman–Crippen LogP) is 2.21. The third-order valence-corrected chi connectivity index (χ3v) is 4.42. The second-order valence-electron chi connectivity index (χ2n) is 6.40. The van der Waals surface area contributed by atoms with Gasteiger partial charge in [-0.15, -0.1) is 24.0 Å². The summed E-state index contributed by atoms with van der Waals surface area (Å²) in [6.45, 7) is 11.6. The summed E-state index contributed by atoms with van der Waals surface area (Å²) in [6.07, 6.45) is 5.04. The Kier molecular flexibility index (Phi) is 9.66. The molecule has 2 aliphatic rings. The summed E-state index contributed by atoms with van der Waals surface area (Å²) >= 11 is 0. The van der Waals surface area contributed by atoms with Gasteiger partial charge in [-0.3, -0.25) is 4.99 Å². The third kappa shape index (κ3) is 6.58. The number of halogens is 1. The monoisotopic (exact) mass is 424 g/mol. The van der Waals surface area contributed by atoms with Crippen molar-refractivity contribution in [3.05, 3.63) is 0 Å². The molecular formula is C16H33IN4O. The number of hydrogen-bond acceptors (Lipinski definition) is 3. The molecule has 2 rings (SSSR count). The molecule has 2 aliphatic heterocycles. The number of likely N-dealkylation sites (tertiary alicyclic amines) is 1. The van der Waals surface area contributed by atoms with Gasteiger partial charge in [0.1, 0.15) is 0 Å². The van der Waals surface area contributed by atoms with Gasteiger partial charge in [-0.2, -0.15) is 0 Å². The van der Waals surface area contributed by atoms with Crippen molar-refractivity contribution in [1.29, 1.82) is 0 Å². The van der Waals surface area contributed by atoms with Crippen LogP contribution < -0.4 is 10.6 Å². The molecule has 2 heterocycles. The van der Waals surface area contributed by atoms with Gasteiger partial charge in [0.25, 0.3) is 0 Å². The van der Waals surface area contributed by atoms with E-state index in [1.54, 1.807) is 0 Å². The summed E-state index contributed by atoms with van der Waals surface area (Å²) in [5.41, 5.74) is 0. The van der Waals surface area contributed by atoms with E-state index < -0.39 is 0 Å². The molecule has 1 atom stereocenters. The van der Waals surface area contributed by atoms with Crippen LogP contribution in [-0.2, 0) is 4.74 Å². The summed E-state index contributed by atoms with van der Waals surface area (Å²) in [4.78, 5) is 7.25. The number of nitrogens with zero attached hydrogens (tertiary/aromatic N) is 2. The zero-order chi connectivity index (χ0) is 15.1. The predicted molar refractivity (Wildman–Crippen MR) is 103 cm³/mol. The van der Waals surface area contributed by atoms with Gasteiger partial charge >= 0.3 is 0 Å².